The molecule has 2 aliphatic heterocycles. The number of hydrogen-bond donors (Lipinski definition) is 3. The molecule has 2 atom stereocenters. The average molecular weight is 228 g/mol. The molecule has 4 amide bonds. The molecule has 3 N–H and O–H groups in total. The Labute approximate surface area is 91.3 Å². The van der Waals surface area contributed by atoms with Gasteiger partial charge in [-0.1, -0.05) is 0 Å². The second-order valence-electron chi connectivity index (χ2n) is 3.51. The summed E-state index contributed by atoms with van der Waals surface area (Å²) in [5, 5.41) is 7.69. The summed E-state index contributed by atoms with van der Waals surface area (Å²) < 4.78 is 4.48. The molecule has 2 heterocycles. The highest BCUT2D eigenvalue weighted by Crippen LogP contribution is 2.14. The smallest absolute Gasteiger partial charge is 0.320 e. The molecule has 0 radical (unpaired) electrons. The fourth-order valence-corrected chi connectivity index (χ4v) is 1.75. The molecule has 0 aromatic rings. The van der Waals surface area contributed by atoms with Gasteiger partial charge in [0.1, 0.15) is 12.3 Å². The van der Waals surface area contributed by atoms with E-state index in [2.05, 4.69) is 20.7 Å². The minimum absolute atomic E-state index is 0.100. The first-order chi connectivity index (χ1) is 7.61. The van der Waals surface area contributed by atoms with E-state index in [0.29, 0.717) is 0 Å². The van der Waals surface area contributed by atoms with Gasteiger partial charge in [-0.2, -0.15) is 0 Å². The fourth-order valence-electron chi connectivity index (χ4n) is 1.75. The third-order valence-electron chi connectivity index (χ3n) is 2.54. The zero-order valence-electron chi connectivity index (χ0n) is 8.65. The number of amides is 4. The van der Waals surface area contributed by atoms with Crippen LogP contribution in [-0.4, -0.2) is 48.9 Å². The number of carbonyl (C=O) groups excluding carboxylic acids is 3. The number of fused-ring (bicyclic) bond motifs is 1. The van der Waals surface area contributed by atoms with Crippen LogP contribution in [0.4, 0.5) is 9.59 Å². The molecule has 0 aromatic carbocycles. The quantitative estimate of drug-likeness (QED) is 0.514. The molecule has 2 unspecified atom stereocenters. The molecule has 8 nitrogen and oxygen atoms in total. The first kappa shape index (κ1) is 10.5. The number of nitrogens with zero attached hydrogens (tertiary/aromatic N) is 1. The Kier molecular flexibility index (Phi) is 2.55. The van der Waals surface area contributed by atoms with Gasteiger partial charge < -0.3 is 20.7 Å². The van der Waals surface area contributed by atoms with Crippen LogP contribution >= 0.6 is 0 Å². The molecule has 2 saturated heterocycles. The van der Waals surface area contributed by atoms with Gasteiger partial charge in [-0.3, -0.25) is 9.69 Å². The molecule has 0 spiro atoms. The topological polar surface area (TPSA) is 99.8 Å². The Morgan fingerprint density at radius 3 is 2.81 bits per heavy atom. The molecular weight excluding hydrogens is 216 g/mol. The molecule has 0 aliphatic carbocycles. The van der Waals surface area contributed by atoms with E-state index in [1.54, 1.807) is 0 Å². The van der Waals surface area contributed by atoms with Crippen molar-refractivity contribution in [3.63, 3.8) is 0 Å². The van der Waals surface area contributed by atoms with E-state index in [0.717, 1.165) is 0 Å². The molecule has 2 aliphatic rings. The first-order valence-electron chi connectivity index (χ1n) is 4.83. The lowest BCUT2D eigenvalue weighted by molar-refractivity contribution is -0.140. The van der Waals surface area contributed by atoms with E-state index >= 15 is 0 Å². The van der Waals surface area contributed by atoms with Crippen LogP contribution in [0.5, 0.6) is 0 Å². The monoisotopic (exact) mass is 228 g/mol. The summed E-state index contributed by atoms with van der Waals surface area (Å²) in [6, 6.07) is -0.649. The van der Waals surface area contributed by atoms with E-state index in [9.17, 15) is 14.4 Å². The Morgan fingerprint density at radius 1 is 1.38 bits per heavy atom. The van der Waals surface area contributed by atoms with Gasteiger partial charge in [0, 0.05) is 6.54 Å². The Hall–Kier alpha value is -1.99. The Morgan fingerprint density at radius 2 is 2.12 bits per heavy atom. The van der Waals surface area contributed by atoms with Crippen LogP contribution in [0.3, 0.4) is 0 Å². The standard InChI is InChI=1S/C8H12N4O4/c1-16-4(13)2-3-12-6-5(10-8(12)15)9-7(14)11-6/h5-6H,2-3H2,1H3,(H,10,15)(H2,9,11,14). The van der Waals surface area contributed by atoms with Crippen molar-refractivity contribution in [3.05, 3.63) is 0 Å². The lowest BCUT2D eigenvalue weighted by Crippen LogP contribution is -2.44. The zero-order chi connectivity index (χ0) is 11.7. The lowest BCUT2D eigenvalue weighted by Gasteiger charge is -2.20. The predicted molar refractivity (Wildman–Crippen MR) is 51.1 cm³/mol. The van der Waals surface area contributed by atoms with E-state index < -0.39 is 18.3 Å². The zero-order valence-corrected chi connectivity index (χ0v) is 8.65. The SMILES string of the molecule is COC(=O)CCN1C(=O)NC2NC(=O)NC21. The molecule has 0 aromatic heterocycles. The Bertz CT molecular complexity index is 345. The third kappa shape index (κ3) is 1.73. The number of rotatable bonds is 3. The summed E-state index contributed by atoms with van der Waals surface area (Å²) in [4.78, 5) is 34.8. The van der Waals surface area contributed by atoms with Gasteiger partial charge in [0.15, 0.2) is 0 Å². The van der Waals surface area contributed by atoms with E-state index in [-0.39, 0.29) is 25.0 Å². The molecule has 0 saturated carbocycles. The molecular formula is C8H12N4O4. The summed E-state index contributed by atoms with van der Waals surface area (Å²) in [6.07, 6.45) is -0.773. The maximum Gasteiger partial charge on any atom is 0.320 e. The number of esters is 1. The largest absolute Gasteiger partial charge is 0.469 e. The van der Waals surface area contributed by atoms with Crippen molar-refractivity contribution in [1.82, 2.24) is 20.9 Å². The van der Waals surface area contributed by atoms with Crippen molar-refractivity contribution < 1.29 is 19.1 Å². The van der Waals surface area contributed by atoms with Gasteiger partial charge in [0.2, 0.25) is 0 Å². The number of ether oxygens (including phenoxy) is 1. The van der Waals surface area contributed by atoms with Crippen molar-refractivity contribution in [2.75, 3.05) is 13.7 Å². The highest BCUT2D eigenvalue weighted by atomic mass is 16.5. The average Bonchev–Trinajstić information content (AvgIpc) is 2.71. The second kappa shape index (κ2) is 3.87. The second-order valence-corrected chi connectivity index (χ2v) is 3.51. The fraction of sp³-hybridized carbons (Fsp3) is 0.625. The van der Waals surface area contributed by atoms with Gasteiger partial charge in [-0.05, 0) is 0 Å². The van der Waals surface area contributed by atoms with Crippen LogP contribution in [0.2, 0.25) is 0 Å². The highest BCUT2D eigenvalue weighted by molar-refractivity contribution is 5.85. The lowest BCUT2D eigenvalue weighted by atomic mass is 10.3. The van der Waals surface area contributed by atoms with Crippen LogP contribution in [0.25, 0.3) is 0 Å². The number of nitrogens with one attached hydrogen (secondary N) is 3. The summed E-state index contributed by atoms with van der Waals surface area (Å²) in [6.45, 7) is 0.210. The van der Waals surface area contributed by atoms with E-state index in [4.69, 9.17) is 0 Å². The highest BCUT2D eigenvalue weighted by Gasteiger charge is 2.45. The minimum Gasteiger partial charge on any atom is -0.469 e. The Balaban J connectivity index is 1.95. The normalized spacial score (nSPS) is 26.9. The van der Waals surface area contributed by atoms with Crippen LogP contribution in [0.15, 0.2) is 0 Å². The molecule has 2 rings (SSSR count). The minimum atomic E-state index is -0.440. The van der Waals surface area contributed by atoms with Crippen molar-refractivity contribution >= 4 is 18.0 Å². The number of hydrogen-bond acceptors (Lipinski definition) is 4. The molecule has 16 heavy (non-hydrogen) atoms. The van der Waals surface area contributed by atoms with Crippen molar-refractivity contribution in [1.29, 1.82) is 0 Å². The van der Waals surface area contributed by atoms with Crippen molar-refractivity contribution in [2.45, 2.75) is 18.8 Å². The van der Waals surface area contributed by atoms with Crippen LogP contribution in [0, 0.1) is 0 Å². The van der Waals surface area contributed by atoms with E-state index in [1.807, 2.05) is 0 Å². The van der Waals surface area contributed by atoms with Crippen LogP contribution < -0.4 is 16.0 Å². The van der Waals surface area contributed by atoms with Crippen LogP contribution in [-0.2, 0) is 9.53 Å². The summed E-state index contributed by atoms with van der Waals surface area (Å²) in [7, 11) is 1.29. The molecule has 2 fully saturated rings. The van der Waals surface area contributed by atoms with E-state index in [1.165, 1.54) is 12.0 Å². The maximum absolute atomic E-state index is 11.5. The van der Waals surface area contributed by atoms with Gasteiger partial charge in [0.25, 0.3) is 0 Å². The third-order valence-corrected chi connectivity index (χ3v) is 2.54. The number of methoxy groups -OCH3 is 1. The van der Waals surface area contributed by atoms with Crippen molar-refractivity contribution in [2.24, 2.45) is 0 Å². The predicted octanol–water partition coefficient (Wildman–Crippen LogP) is -1.46. The van der Waals surface area contributed by atoms with Gasteiger partial charge in [-0.15, -0.1) is 0 Å². The summed E-state index contributed by atoms with van der Waals surface area (Å²) in [5.74, 6) is -0.395. The molecule has 88 valence electrons. The molecule has 0 bridgehead atoms. The van der Waals surface area contributed by atoms with Gasteiger partial charge >= 0.3 is 18.0 Å². The summed E-state index contributed by atoms with van der Waals surface area (Å²) >= 11 is 0. The molecule has 8 heteroatoms. The number of carbonyl (C=O) groups is 3. The summed E-state index contributed by atoms with van der Waals surface area (Å²) in [5.41, 5.74) is 0. The van der Waals surface area contributed by atoms with Gasteiger partial charge in [0.05, 0.1) is 13.5 Å². The van der Waals surface area contributed by atoms with Crippen LogP contribution in [0.1, 0.15) is 6.42 Å². The van der Waals surface area contributed by atoms with Crippen molar-refractivity contribution in [3.8, 4) is 0 Å². The first-order valence-corrected chi connectivity index (χ1v) is 4.83. The maximum atomic E-state index is 11.5. The van der Waals surface area contributed by atoms with Gasteiger partial charge in [-0.25, -0.2) is 9.59 Å². The number of urea groups is 2.